The number of hydrogen-bond acceptors (Lipinski definition) is 3. The summed E-state index contributed by atoms with van der Waals surface area (Å²) in [7, 11) is 0. The van der Waals surface area contributed by atoms with Crippen molar-refractivity contribution in [2.24, 2.45) is 0 Å². The van der Waals surface area contributed by atoms with Crippen LogP contribution in [-0.2, 0) is 11.2 Å². The third kappa shape index (κ3) is 3.02. The molecular formula is C15H17NO3. The molecular weight excluding hydrogens is 242 g/mol. The van der Waals surface area contributed by atoms with Gasteiger partial charge in [0.15, 0.2) is 5.89 Å². The number of aromatic nitrogens is 1. The summed E-state index contributed by atoms with van der Waals surface area (Å²) >= 11 is 0. The van der Waals surface area contributed by atoms with Crippen molar-refractivity contribution < 1.29 is 14.3 Å². The second-order valence-corrected chi connectivity index (χ2v) is 4.72. The van der Waals surface area contributed by atoms with Crippen LogP contribution in [0, 0.1) is 20.8 Å². The first-order chi connectivity index (χ1) is 8.97. The maximum Gasteiger partial charge on any atom is 0.303 e. The standard InChI is InChI=1S/C15H17NO3/c1-9-4-5-10(2)12(8-9)15-13(6-7-14(17)18)19-11(3)16-15/h4-5,8H,6-7H2,1-3H3,(H,17,18). The lowest BCUT2D eigenvalue weighted by atomic mass is 10.0. The van der Waals surface area contributed by atoms with Gasteiger partial charge in [0, 0.05) is 18.9 Å². The van der Waals surface area contributed by atoms with Crippen LogP contribution >= 0.6 is 0 Å². The third-order valence-corrected chi connectivity index (χ3v) is 3.02. The van der Waals surface area contributed by atoms with E-state index in [2.05, 4.69) is 11.1 Å². The Balaban J connectivity index is 2.43. The van der Waals surface area contributed by atoms with Crippen LogP contribution in [0.15, 0.2) is 22.6 Å². The smallest absolute Gasteiger partial charge is 0.303 e. The molecule has 1 N–H and O–H groups in total. The van der Waals surface area contributed by atoms with Gasteiger partial charge in [-0.25, -0.2) is 4.98 Å². The minimum atomic E-state index is -0.832. The molecule has 4 heteroatoms. The number of oxazole rings is 1. The lowest BCUT2D eigenvalue weighted by Gasteiger charge is -2.05. The molecule has 100 valence electrons. The molecule has 0 radical (unpaired) electrons. The van der Waals surface area contributed by atoms with E-state index in [1.807, 2.05) is 26.0 Å². The molecule has 0 saturated carbocycles. The monoisotopic (exact) mass is 259 g/mol. The number of aryl methyl sites for hydroxylation is 4. The van der Waals surface area contributed by atoms with Gasteiger partial charge in [0.05, 0.1) is 6.42 Å². The summed E-state index contributed by atoms with van der Waals surface area (Å²) in [5, 5.41) is 8.78. The van der Waals surface area contributed by atoms with Crippen LogP contribution in [0.4, 0.5) is 0 Å². The lowest BCUT2D eigenvalue weighted by Crippen LogP contribution is -1.98. The number of carboxylic acid groups (broad SMARTS) is 1. The molecule has 1 aromatic heterocycles. The Labute approximate surface area is 112 Å². The minimum Gasteiger partial charge on any atom is -0.481 e. The molecule has 0 spiro atoms. The molecule has 0 aliphatic carbocycles. The lowest BCUT2D eigenvalue weighted by molar-refractivity contribution is -0.137. The zero-order chi connectivity index (χ0) is 14.0. The maximum atomic E-state index is 10.7. The SMILES string of the molecule is Cc1ccc(C)c(-c2nc(C)oc2CCC(=O)O)c1. The second kappa shape index (κ2) is 5.26. The third-order valence-electron chi connectivity index (χ3n) is 3.02. The van der Waals surface area contributed by atoms with Gasteiger partial charge in [-0.1, -0.05) is 17.7 Å². The van der Waals surface area contributed by atoms with Crippen molar-refractivity contribution in [1.82, 2.24) is 4.98 Å². The van der Waals surface area contributed by atoms with Crippen molar-refractivity contribution in [2.75, 3.05) is 0 Å². The molecule has 19 heavy (non-hydrogen) atoms. The molecule has 4 nitrogen and oxygen atoms in total. The Hall–Kier alpha value is -2.10. The van der Waals surface area contributed by atoms with Gasteiger partial charge in [-0.05, 0) is 25.5 Å². The highest BCUT2D eigenvalue weighted by Gasteiger charge is 2.16. The fraction of sp³-hybridized carbons (Fsp3) is 0.333. The fourth-order valence-electron chi connectivity index (χ4n) is 2.06. The molecule has 0 unspecified atom stereocenters. The quantitative estimate of drug-likeness (QED) is 0.915. The fourth-order valence-corrected chi connectivity index (χ4v) is 2.06. The predicted molar refractivity (Wildman–Crippen MR) is 72.1 cm³/mol. The summed E-state index contributed by atoms with van der Waals surface area (Å²) in [6, 6.07) is 6.13. The van der Waals surface area contributed by atoms with Crippen LogP contribution in [0.2, 0.25) is 0 Å². The van der Waals surface area contributed by atoms with Crippen molar-refractivity contribution in [3.05, 3.63) is 41.0 Å². The predicted octanol–water partition coefficient (Wildman–Crippen LogP) is 3.28. The highest BCUT2D eigenvalue weighted by atomic mass is 16.4. The van der Waals surface area contributed by atoms with Crippen LogP contribution in [0.5, 0.6) is 0 Å². The average molecular weight is 259 g/mol. The van der Waals surface area contributed by atoms with Gasteiger partial charge in [0.25, 0.3) is 0 Å². The summed E-state index contributed by atoms with van der Waals surface area (Å²) in [4.78, 5) is 15.1. The highest BCUT2D eigenvalue weighted by molar-refractivity contribution is 5.69. The highest BCUT2D eigenvalue weighted by Crippen LogP contribution is 2.28. The number of benzene rings is 1. The molecule has 0 aliphatic heterocycles. The van der Waals surface area contributed by atoms with Crippen LogP contribution in [0.3, 0.4) is 0 Å². The Morgan fingerprint density at radius 1 is 1.32 bits per heavy atom. The van der Waals surface area contributed by atoms with Gasteiger partial charge in [-0.2, -0.15) is 0 Å². The number of hydrogen-bond donors (Lipinski definition) is 1. The largest absolute Gasteiger partial charge is 0.481 e. The Kier molecular flexibility index (Phi) is 3.69. The van der Waals surface area contributed by atoms with Crippen LogP contribution in [0.1, 0.15) is 29.2 Å². The molecule has 0 bridgehead atoms. The van der Waals surface area contributed by atoms with Gasteiger partial charge in [-0.3, -0.25) is 4.79 Å². The van der Waals surface area contributed by atoms with Gasteiger partial charge in [0.2, 0.25) is 0 Å². The number of carbonyl (C=O) groups is 1. The summed E-state index contributed by atoms with van der Waals surface area (Å²) in [6.45, 7) is 5.81. The summed E-state index contributed by atoms with van der Waals surface area (Å²) in [5.74, 6) is 0.380. The van der Waals surface area contributed by atoms with Gasteiger partial charge in [-0.15, -0.1) is 0 Å². The zero-order valence-corrected chi connectivity index (χ0v) is 11.4. The first-order valence-corrected chi connectivity index (χ1v) is 6.23. The Morgan fingerprint density at radius 3 is 2.74 bits per heavy atom. The first kappa shape index (κ1) is 13.3. The van der Waals surface area contributed by atoms with E-state index in [0.29, 0.717) is 18.1 Å². The van der Waals surface area contributed by atoms with Crippen molar-refractivity contribution >= 4 is 5.97 Å². The molecule has 0 amide bonds. The molecule has 1 heterocycles. The molecule has 2 aromatic rings. The van der Waals surface area contributed by atoms with E-state index in [4.69, 9.17) is 9.52 Å². The Bertz CT molecular complexity index is 614. The zero-order valence-electron chi connectivity index (χ0n) is 11.4. The topological polar surface area (TPSA) is 63.3 Å². The van der Waals surface area contributed by atoms with E-state index >= 15 is 0 Å². The van der Waals surface area contributed by atoms with Crippen molar-refractivity contribution in [2.45, 2.75) is 33.6 Å². The molecule has 0 aliphatic rings. The van der Waals surface area contributed by atoms with E-state index in [1.165, 1.54) is 0 Å². The molecule has 2 rings (SSSR count). The number of aliphatic carboxylic acids is 1. The van der Waals surface area contributed by atoms with E-state index in [9.17, 15) is 4.79 Å². The maximum absolute atomic E-state index is 10.7. The number of carboxylic acids is 1. The molecule has 0 fully saturated rings. The van der Waals surface area contributed by atoms with Crippen LogP contribution in [-0.4, -0.2) is 16.1 Å². The summed E-state index contributed by atoms with van der Waals surface area (Å²) < 4.78 is 5.54. The molecule has 1 aromatic carbocycles. The minimum absolute atomic E-state index is 0.0481. The van der Waals surface area contributed by atoms with E-state index in [0.717, 1.165) is 22.4 Å². The molecule has 0 saturated heterocycles. The van der Waals surface area contributed by atoms with Gasteiger partial charge < -0.3 is 9.52 Å². The van der Waals surface area contributed by atoms with E-state index < -0.39 is 5.97 Å². The summed E-state index contributed by atoms with van der Waals surface area (Å²) in [6.07, 6.45) is 0.408. The van der Waals surface area contributed by atoms with Crippen LogP contribution in [0.25, 0.3) is 11.3 Å². The number of rotatable bonds is 4. The van der Waals surface area contributed by atoms with E-state index in [-0.39, 0.29) is 6.42 Å². The number of nitrogens with zero attached hydrogens (tertiary/aromatic N) is 1. The van der Waals surface area contributed by atoms with Crippen LogP contribution < -0.4 is 0 Å². The van der Waals surface area contributed by atoms with E-state index in [1.54, 1.807) is 6.92 Å². The summed E-state index contributed by atoms with van der Waals surface area (Å²) in [5.41, 5.74) is 4.03. The van der Waals surface area contributed by atoms with Gasteiger partial charge >= 0.3 is 5.97 Å². The normalized spacial score (nSPS) is 10.7. The first-order valence-electron chi connectivity index (χ1n) is 6.23. The Morgan fingerprint density at radius 2 is 2.05 bits per heavy atom. The van der Waals surface area contributed by atoms with Crippen molar-refractivity contribution in [1.29, 1.82) is 0 Å². The molecule has 0 atom stereocenters. The van der Waals surface area contributed by atoms with Crippen molar-refractivity contribution in [3.8, 4) is 11.3 Å². The second-order valence-electron chi connectivity index (χ2n) is 4.72. The average Bonchev–Trinajstić information content (AvgIpc) is 2.71. The van der Waals surface area contributed by atoms with Crippen molar-refractivity contribution in [3.63, 3.8) is 0 Å². The van der Waals surface area contributed by atoms with Gasteiger partial charge in [0.1, 0.15) is 11.5 Å².